The highest BCUT2D eigenvalue weighted by Gasteiger charge is 2.36. The number of Topliss-reactive ketones (excluding diaryl/α,β-unsaturated/α-hetero) is 1. The SMILES string of the molecule is CCOc1cc(OC)c(O)cc1[C@H]1COc2c(ccc3c2C=CC(C)(C)O3)C1=O. The molecule has 152 valence electrons. The molecule has 0 radical (unpaired) electrons. The Hall–Kier alpha value is -3.15. The molecular weight excluding hydrogens is 372 g/mol. The van der Waals surface area contributed by atoms with Crippen molar-refractivity contribution in [2.75, 3.05) is 20.3 Å². The van der Waals surface area contributed by atoms with Crippen molar-refractivity contribution in [1.82, 2.24) is 0 Å². The van der Waals surface area contributed by atoms with Gasteiger partial charge in [-0.3, -0.25) is 4.79 Å². The number of ether oxygens (including phenoxy) is 4. The van der Waals surface area contributed by atoms with Crippen molar-refractivity contribution in [3.63, 3.8) is 0 Å². The molecule has 0 saturated heterocycles. The van der Waals surface area contributed by atoms with Crippen LogP contribution in [0.25, 0.3) is 6.08 Å². The fraction of sp³-hybridized carbons (Fsp3) is 0.348. The molecule has 6 heteroatoms. The van der Waals surface area contributed by atoms with E-state index in [-0.39, 0.29) is 18.1 Å². The number of rotatable bonds is 4. The van der Waals surface area contributed by atoms with Gasteiger partial charge in [-0.1, -0.05) is 0 Å². The first-order chi connectivity index (χ1) is 13.8. The van der Waals surface area contributed by atoms with Gasteiger partial charge in [-0.2, -0.15) is 0 Å². The predicted octanol–water partition coefficient (Wildman–Crippen LogP) is 4.34. The van der Waals surface area contributed by atoms with Gasteiger partial charge in [-0.15, -0.1) is 0 Å². The first-order valence-electron chi connectivity index (χ1n) is 9.60. The van der Waals surface area contributed by atoms with E-state index >= 15 is 0 Å². The fourth-order valence-corrected chi connectivity index (χ4v) is 3.72. The monoisotopic (exact) mass is 396 g/mol. The number of aromatic hydroxyl groups is 1. The van der Waals surface area contributed by atoms with Crippen LogP contribution < -0.4 is 18.9 Å². The normalized spacial score (nSPS) is 18.9. The molecule has 0 spiro atoms. The Morgan fingerprint density at radius 2 is 2.03 bits per heavy atom. The molecule has 2 aliphatic rings. The van der Waals surface area contributed by atoms with E-state index in [1.165, 1.54) is 13.2 Å². The topological polar surface area (TPSA) is 74.2 Å². The Labute approximate surface area is 169 Å². The van der Waals surface area contributed by atoms with Gasteiger partial charge < -0.3 is 24.1 Å². The Balaban J connectivity index is 1.75. The van der Waals surface area contributed by atoms with Gasteiger partial charge in [0.15, 0.2) is 17.3 Å². The number of fused-ring (bicyclic) bond motifs is 3. The zero-order valence-corrected chi connectivity index (χ0v) is 16.9. The Kier molecular flexibility index (Phi) is 4.65. The summed E-state index contributed by atoms with van der Waals surface area (Å²) in [6.07, 6.45) is 3.89. The molecular formula is C23H24O6. The van der Waals surface area contributed by atoms with Crippen molar-refractivity contribution in [3.05, 3.63) is 47.0 Å². The summed E-state index contributed by atoms with van der Waals surface area (Å²) in [5, 5.41) is 10.2. The van der Waals surface area contributed by atoms with Gasteiger partial charge in [0, 0.05) is 11.6 Å². The minimum atomic E-state index is -0.594. The minimum Gasteiger partial charge on any atom is -0.504 e. The summed E-state index contributed by atoms with van der Waals surface area (Å²) in [6.45, 7) is 6.37. The average molecular weight is 396 g/mol. The molecule has 4 rings (SSSR count). The Bertz CT molecular complexity index is 1000. The molecule has 2 aliphatic heterocycles. The number of hydrogen-bond acceptors (Lipinski definition) is 6. The highest BCUT2D eigenvalue weighted by atomic mass is 16.5. The van der Waals surface area contributed by atoms with Crippen LogP contribution in [0.3, 0.4) is 0 Å². The molecule has 1 atom stereocenters. The molecule has 0 fully saturated rings. The van der Waals surface area contributed by atoms with Crippen molar-refractivity contribution in [2.24, 2.45) is 0 Å². The number of hydrogen-bond donors (Lipinski definition) is 1. The van der Waals surface area contributed by atoms with Crippen LogP contribution in [-0.2, 0) is 0 Å². The summed E-state index contributed by atoms with van der Waals surface area (Å²) < 4.78 is 22.9. The zero-order chi connectivity index (χ0) is 20.8. The Morgan fingerprint density at radius 1 is 1.24 bits per heavy atom. The molecule has 2 aromatic rings. The lowest BCUT2D eigenvalue weighted by Gasteiger charge is -2.32. The fourth-order valence-electron chi connectivity index (χ4n) is 3.72. The van der Waals surface area contributed by atoms with Gasteiger partial charge in [-0.25, -0.2) is 0 Å². The maximum Gasteiger partial charge on any atom is 0.177 e. The highest BCUT2D eigenvalue weighted by Crippen LogP contribution is 2.45. The molecule has 0 aromatic heterocycles. The van der Waals surface area contributed by atoms with E-state index in [1.54, 1.807) is 18.2 Å². The van der Waals surface area contributed by atoms with E-state index in [2.05, 4.69) is 0 Å². The van der Waals surface area contributed by atoms with E-state index < -0.39 is 11.5 Å². The van der Waals surface area contributed by atoms with E-state index in [0.717, 1.165) is 5.56 Å². The highest BCUT2D eigenvalue weighted by molar-refractivity contribution is 6.06. The summed E-state index contributed by atoms with van der Waals surface area (Å²) in [5.74, 6) is 1.29. The third kappa shape index (κ3) is 3.28. The quantitative estimate of drug-likeness (QED) is 0.829. The van der Waals surface area contributed by atoms with Crippen molar-refractivity contribution < 1.29 is 28.8 Å². The van der Waals surface area contributed by atoms with Crippen LogP contribution in [0.2, 0.25) is 0 Å². The van der Waals surface area contributed by atoms with Crippen LogP contribution in [0.5, 0.6) is 28.7 Å². The summed E-state index contributed by atoms with van der Waals surface area (Å²) in [5.41, 5.74) is 1.43. The lowest BCUT2D eigenvalue weighted by atomic mass is 9.86. The van der Waals surface area contributed by atoms with Crippen molar-refractivity contribution in [3.8, 4) is 28.7 Å². The van der Waals surface area contributed by atoms with Gasteiger partial charge in [0.25, 0.3) is 0 Å². The summed E-state index contributed by atoms with van der Waals surface area (Å²) in [6, 6.07) is 6.66. The van der Waals surface area contributed by atoms with E-state index in [1.807, 2.05) is 32.9 Å². The number of ketones is 1. The van der Waals surface area contributed by atoms with Crippen LogP contribution >= 0.6 is 0 Å². The number of phenols is 1. The molecule has 2 aromatic carbocycles. The third-order valence-corrected chi connectivity index (χ3v) is 5.14. The van der Waals surface area contributed by atoms with E-state index in [9.17, 15) is 9.90 Å². The molecule has 29 heavy (non-hydrogen) atoms. The van der Waals surface area contributed by atoms with Gasteiger partial charge in [0.2, 0.25) is 0 Å². The second-order valence-electron chi connectivity index (χ2n) is 7.62. The van der Waals surface area contributed by atoms with Gasteiger partial charge in [0.05, 0.1) is 30.8 Å². The number of carbonyl (C=O) groups excluding carboxylic acids is 1. The largest absolute Gasteiger partial charge is 0.504 e. The molecule has 0 amide bonds. The van der Waals surface area contributed by atoms with Crippen LogP contribution in [0.1, 0.15) is 48.2 Å². The molecule has 6 nitrogen and oxygen atoms in total. The van der Waals surface area contributed by atoms with Gasteiger partial charge >= 0.3 is 0 Å². The van der Waals surface area contributed by atoms with Crippen molar-refractivity contribution in [1.29, 1.82) is 0 Å². The van der Waals surface area contributed by atoms with Gasteiger partial charge in [0.1, 0.15) is 29.5 Å². The molecule has 2 heterocycles. The number of phenolic OH excluding ortho intramolecular Hbond substituents is 1. The smallest absolute Gasteiger partial charge is 0.177 e. The van der Waals surface area contributed by atoms with Crippen LogP contribution in [0.15, 0.2) is 30.3 Å². The number of benzene rings is 2. The molecule has 0 aliphatic carbocycles. The second kappa shape index (κ2) is 7.03. The summed E-state index contributed by atoms with van der Waals surface area (Å²) in [4.78, 5) is 13.3. The molecule has 1 N–H and O–H groups in total. The third-order valence-electron chi connectivity index (χ3n) is 5.14. The Morgan fingerprint density at radius 3 is 2.76 bits per heavy atom. The summed E-state index contributed by atoms with van der Waals surface area (Å²) in [7, 11) is 1.47. The van der Waals surface area contributed by atoms with Crippen LogP contribution in [0, 0.1) is 0 Å². The van der Waals surface area contributed by atoms with Gasteiger partial charge in [-0.05, 0) is 51.1 Å². The zero-order valence-electron chi connectivity index (χ0n) is 16.9. The number of carbonyl (C=O) groups is 1. The molecule has 0 unspecified atom stereocenters. The van der Waals surface area contributed by atoms with E-state index in [0.29, 0.717) is 40.7 Å². The lowest BCUT2D eigenvalue weighted by Crippen LogP contribution is -2.30. The second-order valence-corrected chi connectivity index (χ2v) is 7.62. The van der Waals surface area contributed by atoms with Crippen LogP contribution in [-0.4, -0.2) is 36.8 Å². The van der Waals surface area contributed by atoms with E-state index in [4.69, 9.17) is 18.9 Å². The maximum absolute atomic E-state index is 13.3. The van der Waals surface area contributed by atoms with Crippen LogP contribution in [0.4, 0.5) is 0 Å². The number of methoxy groups -OCH3 is 1. The predicted molar refractivity (Wildman–Crippen MR) is 109 cm³/mol. The van der Waals surface area contributed by atoms with Crippen molar-refractivity contribution in [2.45, 2.75) is 32.3 Å². The first kappa shape index (κ1) is 19.2. The summed E-state index contributed by atoms with van der Waals surface area (Å²) >= 11 is 0. The molecule has 0 bridgehead atoms. The first-order valence-corrected chi connectivity index (χ1v) is 9.60. The average Bonchev–Trinajstić information content (AvgIpc) is 2.68. The minimum absolute atomic E-state index is 0.0476. The maximum atomic E-state index is 13.3. The molecule has 0 saturated carbocycles. The van der Waals surface area contributed by atoms with Crippen molar-refractivity contribution >= 4 is 11.9 Å². The lowest BCUT2D eigenvalue weighted by molar-refractivity contribution is 0.0891. The standard InChI is InChI=1S/C23H24O6/c1-5-27-19-11-20(26-4)17(24)10-15(19)16-12-28-22-13-8-9-23(2,3)29-18(13)7-6-14(22)21(16)25/h6-11,16,24H,5,12H2,1-4H3/t16-/m1/s1.